The zero-order valence-corrected chi connectivity index (χ0v) is 15.6. The number of likely N-dealkylation sites (tertiary alicyclic amines) is 1. The lowest BCUT2D eigenvalue weighted by Gasteiger charge is -2.33. The summed E-state index contributed by atoms with van der Waals surface area (Å²) < 4.78 is 13.8. The molecule has 0 radical (unpaired) electrons. The lowest BCUT2D eigenvalue weighted by molar-refractivity contribution is -0.138. The summed E-state index contributed by atoms with van der Waals surface area (Å²) in [6.45, 7) is 1.55. The number of carboxylic acid groups (broad SMARTS) is 2. The third kappa shape index (κ3) is 6.31. The van der Waals surface area contributed by atoms with E-state index in [0.717, 1.165) is 5.57 Å². The maximum atomic E-state index is 13.8. The number of halogens is 1. The molecule has 0 amide bonds. The number of rotatable bonds is 8. The molecule has 1 saturated heterocycles. The summed E-state index contributed by atoms with van der Waals surface area (Å²) in [6, 6.07) is 5.60. The number of nitrogens with zero attached hydrogens (tertiary/aromatic N) is 1. The molecule has 1 unspecified atom stereocenters. The first-order valence-corrected chi connectivity index (χ1v) is 10.4. The fraction of sp³-hybridized carbons (Fsp3) is 0.412. The molecule has 1 aliphatic heterocycles. The second-order valence-electron chi connectivity index (χ2n) is 5.96. The molecule has 142 valence electrons. The molecular formula is C17H21FN2O4S2. The minimum absolute atomic E-state index is 0.0334. The molecule has 2 rings (SSSR count). The SMILES string of the molecule is N[C@@H](CSSC1CCN(Cc2ccccc2F)C/C1=C/C(=O)O)C(=O)O. The fourth-order valence-corrected chi connectivity index (χ4v) is 5.43. The Kier molecular flexibility index (Phi) is 7.95. The van der Waals surface area contributed by atoms with Crippen LogP contribution in [0.4, 0.5) is 4.39 Å². The van der Waals surface area contributed by atoms with E-state index in [9.17, 15) is 14.0 Å². The van der Waals surface area contributed by atoms with Crippen LogP contribution in [0.15, 0.2) is 35.9 Å². The van der Waals surface area contributed by atoms with E-state index in [-0.39, 0.29) is 16.8 Å². The molecule has 6 nitrogen and oxygen atoms in total. The minimum Gasteiger partial charge on any atom is -0.480 e. The Balaban J connectivity index is 1.97. The molecule has 4 N–H and O–H groups in total. The molecule has 1 aliphatic rings. The Hall–Kier alpha value is -1.55. The highest BCUT2D eigenvalue weighted by Gasteiger charge is 2.26. The van der Waals surface area contributed by atoms with Crippen molar-refractivity contribution < 1.29 is 24.2 Å². The predicted molar refractivity (Wildman–Crippen MR) is 101 cm³/mol. The molecular weight excluding hydrogens is 379 g/mol. The second kappa shape index (κ2) is 9.96. The molecule has 0 aromatic heterocycles. The number of piperidine rings is 1. The van der Waals surface area contributed by atoms with Gasteiger partial charge in [0, 0.05) is 42.3 Å². The number of carbonyl (C=O) groups is 2. The van der Waals surface area contributed by atoms with Gasteiger partial charge in [0.1, 0.15) is 11.9 Å². The lowest BCUT2D eigenvalue weighted by Crippen LogP contribution is -2.37. The maximum absolute atomic E-state index is 13.8. The number of carboxylic acids is 2. The van der Waals surface area contributed by atoms with Crippen molar-refractivity contribution in [3.63, 3.8) is 0 Å². The van der Waals surface area contributed by atoms with Gasteiger partial charge in [0.2, 0.25) is 0 Å². The summed E-state index contributed by atoms with van der Waals surface area (Å²) in [5.41, 5.74) is 6.80. The standard InChI is InChI=1S/C17H21FN2O4S2/c18-13-4-2-1-3-11(13)8-20-6-5-15(12(9-20)7-16(21)22)26-25-10-14(19)17(23)24/h1-4,7,14-15H,5-6,8-10,19H2,(H,21,22)(H,23,24)/b12-7-/t14-,15?/m0/s1. The molecule has 0 saturated carbocycles. The van der Waals surface area contributed by atoms with Gasteiger partial charge in [0.05, 0.1) is 0 Å². The van der Waals surface area contributed by atoms with Crippen LogP contribution in [-0.4, -0.2) is 57.2 Å². The van der Waals surface area contributed by atoms with Gasteiger partial charge in [-0.3, -0.25) is 9.69 Å². The fourth-order valence-electron chi connectivity index (χ4n) is 2.60. The van der Waals surface area contributed by atoms with Crippen LogP contribution in [0.25, 0.3) is 0 Å². The van der Waals surface area contributed by atoms with Crippen molar-refractivity contribution in [1.29, 1.82) is 0 Å². The van der Waals surface area contributed by atoms with Crippen molar-refractivity contribution in [2.24, 2.45) is 5.73 Å². The van der Waals surface area contributed by atoms with E-state index in [0.29, 0.717) is 31.6 Å². The smallest absolute Gasteiger partial charge is 0.328 e. The Morgan fingerprint density at radius 1 is 1.38 bits per heavy atom. The topological polar surface area (TPSA) is 104 Å². The first-order valence-electron chi connectivity index (χ1n) is 8.02. The van der Waals surface area contributed by atoms with Crippen LogP contribution >= 0.6 is 21.6 Å². The van der Waals surface area contributed by atoms with Gasteiger partial charge in [0.15, 0.2) is 0 Å². The van der Waals surface area contributed by atoms with Crippen LogP contribution in [0.5, 0.6) is 0 Å². The van der Waals surface area contributed by atoms with Crippen LogP contribution in [-0.2, 0) is 16.1 Å². The van der Waals surface area contributed by atoms with Crippen LogP contribution in [0.1, 0.15) is 12.0 Å². The van der Waals surface area contributed by atoms with Gasteiger partial charge in [-0.05, 0) is 18.1 Å². The zero-order valence-electron chi connectivity index (χ0n) is 14.0. The zero-order chi connectivity index (χ0) is 19.1. The van der Waals surface area contributed by atoms with Gasteiger partial charge in [-0.25, -0.2) is 9.18 Å². The van der Waals surface area contributed by atoms with Crippen molar-refractivity contribution in [3.8, 4) is 0 Å². The van der Waals surface area contributed by atoms with E-state index in [2.05, 4.69) is 0 Å². The van der Waals surface area contributed by atoms with E-state index in [1.54, 1.807) is 18.2 Å². The van der Waals surface area contributed by atoms with Crippen molar-refractivity contribution in [3.05, 3.63) is 47.3 Å². The molecule has 0 spiro atoms. The second-order valence-corrected chi connectivity index (χ2v) is 8.58. The van der Waals surface area contributed by atoms with E-state index >= 15 is 0 Å². The largest absolute Gasteiger partial charge is 0.480 e. The van der Waals surface area contributed by atoms with Gasteiger partial charge in [-0.2, -0.15) is 0 Å². The van der Waals surface area contributed by atoms with E-state index in [1.165, 1.54) is 33.7 Å². The maximum Gasteiger partial charge on any atom is 0.328 e. The highest BCUT2D eigenvalue weighted by atomic mass is 33.1. The molecule has 26 heavy (non-hydrogen) atoms. The number of benzene rings is 1. The van der Waals surface area contributed by atoms with Crippen LogP contribution in [0.2, 0.25) is 0 Å². The summed E-state index contributed by atoms with van der Waals surface area (Å²) >= 11 is 0. The Labute approximate surface area is 159 Å². The average molecular weight is 400 g/mol. The summed E-state index contributed by atoms with van der Waals surface area (Å²) in [7, 11) is 2.78. The summed E-state index contributed by atoms with van der Waals surface area (Å²) in [6.07, 6.45) is 1.90. The first-order chi connectivity index (χ1) is 12.4. The van der Waals surface area contributed by atoms with Gasteiger partial charge in [-0.15, -0.1) is 0 Å². The van der Waals surface area contributed by atoms with Crippen LogP contribution in [0.3, 0.4) is 0 Å². The Morgan fingerprint density at radius 2 is 2.12 bits per heavy atom. The van der Waals surface area contributed by atoms with Crippen molar-refractivity contribution in [2.75, 3.05) is 18.8 Å². The van der Waals surface area contributed by atoms with Gasteiger partial charge >= 0.3 is 11.9 Å². The normalized spacial score (nSPS) is 20.8. The van der Waals surface area contributed by atoms with Gasteiger partial charge < -0.3 is 15.9 Å². The molecule has 1 aromatic carbocycles. The van der Waals surface area contributed by atoms with E-state index in [4.69, 9.17) is 15.9 Å². The van der Waals surface area contributed by atoms with Crippen molar-refractivity contribution in [1.82, 2.24) is 4.90 Å². The molecule has 1 heterocycles. The van der Waals surface area contributed by atoms with Crippen LogP contribution < -0.4 is 5.73 Å². The molecule has 1 aromatic rings. The van der Waals surface area contributed by atoms with Crippen molar-refractivity contribution >= 4 is 33.5 Å². The van der Waals surface area contributed by atoms with E-state index < -0.39 is 18.0 Å². The summed E-state index contributed by atoms with van der Waals surface area (Å²) in [5, 5.41) is 17.9. The third-order valence-corrected chi connectivity index (χ3v) is 6.85. The van der Waals surface area contributed by atoms with Crippen LogP contribution in [0, 0.1) is 5.82 Å². The molecule has 9 heteroatoms. The quantitative estimate of drug-likeness (QED) is 0.451. The summed E-state index contributed by atoms with van der Waals surface area (Å²) in [4.78, 5) is 23.9. The van der Waals surface area contributed by atoms with E-state index in [1.807, 2.05) is 4.90 Å². The Morgan fingerprint density at radius 3 is 2.77 bits per heavy atom. The monoisotopic (exact) mass is 400 g/mol. The van der Waals surface area contributed by atoms with Crippen molar-refractivity contribution in [2.45, 2.75) is 24.3 Å². The molecule has 0 aliphatic carbocycles. The summed E-state index contributed by atoms with van der Waals surface area (Å²) in [5.74, 6) is -2.11. The third-order valence-electron chi connectivity index (χ3n) is 3.94. The number of hydrogen-bond acceptors (Lipinski definition) is 6. The van der Waals surface area contributed by atoms with Gasteiger partial charge in [0.25, 0.3) is 0 Å². The minimum atomic E-state index is -1.06. The van der Waals surface area contributed by atoms with Gasteiger partial charge in [-0.1, -0.05) is 39.8 Å². The number of hydrogen-bond donors (Lipinski definition) is 3. The Bertz CT molecular complexity index is 686. The number of nitrogens with two attached hydrogens (primary N) is 1. The average Bonchev–Trinajstić information content (AvgIpc) is 2.58. The predicted octanol–water partition coefficient (Wildman–Crippen LogP) is 2.20. The lowest BCUT2D eigenvalue weighted by atomic mass is 10.0. The molecule has 0 bridgehead atoms. The highest BCUT2D eigenvalue weighted by Crippen LogP contribution is 2.36. The highest BCUT2D eigenvalue weighted by molar-refractivity contribution is 8.77. The molecule has 2 atom stereocenters. The first kappa shape index (κ1) is 20.8. The molecule has 1 fully saturated rings. The number of aliphatic carboxylic acids is 2.